The largest absolute Gasteiger partial charge is 0.454 e. The summed E-state index contributed by atoms with van der Waals surface area (Å²) in [5.41, 5.74) is -0.116. The van der Waals surface area contributed by atoms with Gasteiger partial charge in [0.25, 0.3) is 5.91 Å². The van der Waals surface area contributed by atoms with Gasteiger partial charge in [0.15, 0.2) is 11.5 Å². The Bertz CT molecular complexity index is 791. The Morgan fingerprint density at radius 1 is 1.21 bits per heavy atom. The number of benzene rings is 1. The molecule has 0 saturated heterocycles. The lowest BCUT2D eigenvalue weighted by molar-refractivity contribution is -0.141. The van der Waals surface area contributed by atoms with E-state index in [1.807, 2.05) is 0 Å². The first kappa shape index (κ1) is 16.1. The average Bonchev–Trinajstić information content (AvgIpc) is 2.99. The van der Waals surface area contributed by atoms with Crippen molar-refractivity contribution in [1.29, 1.82) is 0 Å². The number of fused-ring (bicyclic) bond motifs is 1. The van der Waals surface area contributed by atoms with Gasteiger partial charge in [0.1, 0.15) is 5.69 Å². The molecule has 3 rings (SSSR count). The number of carbonyl (C=O) groups excluding carboxylic acids is 1. The van der Waals surface area contributed by atoms with Gasteiger partial charge >= 0.3 is 6.18 Å². The van der Waals surface area contributed by atoms with E-state index < -0.39 is 17.8 Å². The Balaban J connectivity index is 1.69. The Kier molecular flexibility index (Phi) is 4.04. The van der Waals surface area contributed by atoms with Gasteiger partial charge in [0.2, 0.25) is 6.79 Å². The summed E-state index contributed by atoms with van der Waals surface area (Å²) in [4.78, 5) is 15.6. The minimum Gasteiger partial charge on any atom is -0.454 e. The third-order valence-corrected chi connectivity index (χ3v) is 3.51. The van der Waals surface area contributed by atoms with E-state index in [0.29, 0.717) is 11.5 Å². The number of aromatic nitrogens is 1. The number of alkyl halides is 3. The zero-order chi connectivity index (χ0) is 17.3. The minimum atomic E-state index is -4.54. The highest BCUT2D eigenvalue weighted by atomic mass is 19.4. The van der Waals surface area contributed by atoms with E-state index in [4.69, 9.17) is 9.47 Å². The summed E-state index contributed by atoms with van der Waals surface area (Å²) in [5.74, 6) is 0.730. The van der Waals surface area contributed by atoms with Crippen LogP contribution in [-0.2, 0) is 12.7 Å². The van der Waals surface area contributed by atoms with E-state index in [9.17, 15) is 18.0 Å². The molecule has 1 amide bonds. The standard InChI is InChI=1S/C16H13F3N2O3/c1-9-11(3-5-14(21-9)16(17,18)19)15(22)20-7-10-2-4-12-13(6-10)24-8-23-12/h2-6H,7-8H2,1H3,(H,20,22). The number of ether oxygens (including phenoxy) is 2. The predicted molar refractivity (Wildman–Crippen MR) is 77.7 cm³/mol. The second-order valence-corrected chi connectivity index (χ2v) is 5.20. The molecule has 1 aliphatic rings. The summed E-state index contributed by atoms with van der Waals surface area (Å²) in [5, 5.41) is 2.65. The van der Waals surface area contributed by atoms with Crippen molar-refractivity contribution in [3.8, 4) is 11.5 Å². The van der Waals surface area contributed by atoms with Gasteiger partial charge in [-0.3, -0.25) is 4.79 Å². The highest BCUT2D eigenvalue weighted by Gasteiger charge is 2.33. The fraction of sp³-hybridized carbons (Fsp3) is 0.250. The fourth-order valence-corrected chi connectivity index (χ4v) is 2.29. The van der Waals surface area contributed by atoms with Crippen LogP contribution in [0.15, 0.2) is 30.3 Å². The van der Waals surface area contributed by atoms with Gasteiger partial charge in [0, 0.05) is 6.54 Å². The van der Waals surface area contributed by atoms with Crippen molar-refractivity contribution in [2.75, 3.05) is 6.79 Å². The van der Waals surface area contributed by atoms with E-state index in [1.165, 1.54) is 6.92 Å². The van der Waals surface area contributed by atoms with E-state index >= 15 is 0 Å². The second-order valence-electron chi connectivity index (χ2n) is 5.20. The first-order valence-electron chi connectivity index (χ1n) is 7.06. The number of pyridine rings is 1. The summed E-state index contributed by atoms with van der Waals surface area (Å²) < 4.78 is 48.2. The molecule has 1 aromatic carbocycles. The summed E-state index contributed by atoms with van der Waals surface area (Å²) in [7, 11) is 0. The molecule has 1 aliphatic heterocycles. The minimum absolute atomic E-state index is 0.0213. The molecule has 1 N–H and O–H groups in total. The Labute approximate surface area is 135 Å². The van der Waals surface area contributed by atoms with Gasteiger partial charge < -0.3 is 14.8 Å². The van der Waals surface area contributed by atoms with Crippen molar-refractivity contribution in [2.45, 2.75) is 19.6 Å². The lowest BCUT2D eigenvalue weighted by atomic mass is 10.1. The van der Waals surface area contributed by atoms with Crippen LogP contribution in [0.3, 0.4) is 0 Å². The molecule has 0 radical (unpaired) electrons. The first-order chi connectivity index (χ1) is 11.3. The molecule has 0 atom stereocenters. The molecule has 2 heterocycles. The second kappa shape index (κ2) is 6.03. The summed E-state index contributed by atoms with van der Waals surface area (Å²) in [6.07, 6.45) is -4.54. The highest BCUT2D eigenvalue weighted by molar-refractivity contribution is 5.95. The van der Waals surface area contributed by atoms with Crippen LogP contribution in [0.4, 0.5) is 13.2 Å². The van der Waals surface area contributed by atoms with Crippen molar-refractivity contribution in [3.05, 3.63) is 52.8 Å². The molecular formula is C16H13F3N2O3. The van der Waals surface area contributed by atoms with Crippen LogP contribution < -0.4 is 14.8 Å². The molecule has 8 heteroatoms. The van der Waals surface area contributed by atoms with Crippen LogP contribution in [0.1, 0.15) is 27.3 Å². The van der Waals surface area contributed by atoms with Crippen molar-refractivity contribution >= 4 is 5.91 Å². The maximum absolute atomic E-state index is 12.6. The third kappa shape index (κ3) is 3.27. The van der Waals surface area contributed by atoms with E-state index in [1.54, 1.807) is 18.2 Å². The molecule has 0 spiro atoms. The number of amides is 1. The van der Waals surface area contributed by atoms with Gasteiger partial charge in [-0.2, -0.15) is 13.2 Å². The topological polar surface area (TPSA) is 60.5 Å². The molecule has 1 aromatic heterocycles. The van der Waals surface area contributed by atoms with Crippen LogP contribution in [-0.4, -0.2) is 17.7 Å². The SMILES string of the molecule is Cc1nc(C(F)(F)F)ccc1C(=O)NCc1ccc2c(c1)OCO2. The van der Waals surface area contributed by atoms with E-state index in [-0.39, 0.29) is 24.6 Å². The summed E-state index contributed by atoms with van der Waals surface area (Å²) in [6, 6.07) is 7.16. The molecular weight excluding hydrogens is 325 g/mol. The quantitative estimate of drug-likeness (QED) is 0.934. The van der Waals surface area contributed by atoms with Gasteiger partial charge in [-0.1, -0.05) is 6.07 Å². The average molecular weight is 338 g/mol. The van der Waals surface area contributed by atoms with Crippen molar-refractivity contribution in [1.82, 2.24) is 10.3 Å². The van der Waals surface area contributed by atoms with Crippen molar-refractivity contribution in [3.63, 3.8) is 0 Å². The summed E-state index contributed by atoms with van der Waals surface area (Å²) in [6.45, 7) is 1.72. The number of hydrogen-bond acceptors (Lipinski definition) is 4. The normalized spacial score (nSPS) is 13.0. The molecule has 0 unspecified atom stereocenters. The van der Waals surface area contributed by atoms with E-state index in [2.05, 4.69) is 10.3 Å². The number of aryl methyl sites for hydroxylation is 1. The van der Waals surface area contributed by atoms with Gasteiger partial charge in [0.05, 0.1) is 11.3 Å². The Morgan fingerprint density at radius 3 is 2.67 bits per heavy atom. The molecule has 0 aliphatic carbocycles. The Morgan fingerprint density at radius 2 is 1.96 bits per heavy atom. The molecule has 0 saturated carbocycles. The lowest BCUT2D eigenvalue weighted by Crippen LogP contribution is -2.24. The van der Waals surface area contributed by atoms with Crippen LogP contribution in [0.25, 0.3) is 0 Å². The molecule has 126 valence electrons. The monoisotopic (exact) mass is 338 g/mol. The third-order valence-electron chi connectivity index (χ3n) is 3.51. The highest BCUT2D eigenvalue weighted by Crippen LogP contribution is 2.32. The first-order valence-corrected chi connectivity index (χ1v) is 7.06. The van der Waals surface area contributed by atoms with Crippen LogP contribution in [0.2, 0.25) is 0 Å². The molecule has 0 fully saturated rings. The zero-order valence-electron chi connectivity index (χ0n) is 12.6. The molecule has 2 aromatic rings. The van der Waals surface area contributed by atoms with Gasteiger partial charge in [-0.15, -0.1) is 0 Å². The smallest absolute Gasteiger partial charge is 0.433 e. The van der Waals surface area contributed by atoms with Crippen molar-refractivity contribution < 1.29 is 27.4 Å². The van der Waals surface area contributed by atoms with Crippen LogP contribution in [0, 0.1) is 6.92 Å². The van der Waals surface area contributed by atoms with Crippen molar-refractivity contribution in [2.24, 2.45) is 0 Å². The number of carbonyl (C=O) groups is 1. The van der Waals surface area contributed by atoms with E-state index in [0.717, 1.165) is 17.7 Å². The number of nitrogens with zero attached hydrogens (tertiary/aromatic N) is 1. The maximum Gasteiger partial charge on any atom is 0.433 e. The molecule has 5 nitrogen and oxygen atoms in total. The number of rotatable bonds is 3. The number of hydrogen-bond donors (Lipinski definition) is 1. The maximum atomic E-state index is 12.6. The van der Waals surface area contributed by atoms with Gasteiger partial charge in [-0.25, -0.2) is 4.98 Å². The number of nitrogens with one attached hydrogen (secondary N) is 1. The molecule has 0 bridgehead atoms. The zero-order valence-corrected chi connectivity index (χ0v) is 12.6. The number of halogens is 3. The predicted octanol–water partition coefficient (Wildman–Crippen LogP) is 3.07. The van der Waals surface area contributed by atoms with Gasteiger partial charge in [-0.05, 0) is 36.8 Å². The summed E-state index contributed by atoms with van der Waals surface area (Å²) >= 11 is 0. The fourth-order valence-electron chi connectivity index (χ4n) is 2.29. The van der Waals surface area contributed by atoms with Crippen LogP contribution >= 0.6 is 0 Å². The molecule has 24 heavy (non-hydrogen) atoms. The van der Waals surface area contributed by atoms with Crippen LogP contribution in [0.5, 0.6) is 11.5 Å². The lowest BCUT2D eigenvalue weighted by Gasteiger charge is -2.11. The Hall–Kier alpha value is -2.77.